The average molecular weight is 390 g/mol. The normalized spacial score (nSPS) is 15.4. The molecule has 2 aliphatic rings. The van der Waals surface area contributed by atoms with Crippen molar-refractivity contribution >= 4 is 28.1 Å². The van der Waals surface area contributed by atoms with Crippen LogP contribution in [0.25, 0.3) is 22.2 Å². The highest BCUT2D eigenvalue weighted by Crippen LogP contribution is 2.46. The molecule has 1 N–H and O–H groups in total. The first kappa shape index (κ1) is 18.2. The first-order chi connectivity index (χ1) is 14.1. The van der Waals surface area contributed by atoms with Crippen LogP contribution >= 0.6 is 0 Å². The third-order valence-corrected chi connectivity index (χ3v) is 5.92. The zero-order chi connectivity index (χ0) is 20.0. The average Bonchev–Trinajstić information content (AvgIpc) is 3.40. The SMILES string of the molecule is CN(C)CCCNc1cc(N2CCCC2)c2noc3c2c1C(=O)c1ccccc1-3. The zero-order valence-electron chi connectivity index (χ0n) is 17.0. The predicted octanol–water partition coefficient (Wildman–Crippen LogP) is 4.00. The van der Waals surface area contributed by atoms with E-state index in [4.69, 9.17) is 4.52 Å². The maximum Gasteiger partial charge on any atom is 0.196 e. The van der Waals surface area contributed by atoms with Gasteiger partial charge in [0.05, 0.1) is 16.6 Å². The van der Waals surface area contributed by atoms with Crippen LogP contribution in [0.5, 0.6) is 0 Å². The zero-order valence-corrected chi connectivity index (χ0v) is 17.0. The number of hydrogen-bond donors (Lipinski definition) is 1. The van der Waals surface area contributed by atoms with Gasteiger partial charge in [-0.05, 0) is 46.0 Å². The first-order valence-electron chi connectivity index (χ1n) is 10.4. The molecule has 6 nitrogen and oxygen atoms in total. The van der Waals surface area contributed by atoms with Crippen LogP contribution in [0.15, 0.2) is 34.9 Å². The lowest BCUT2D eigenvalue weighted by Crippen LogP contribution is -2.21. The molecule has 5 rings (SSSR count). The summed E-state index contributed by atoms with van der Waals surface area (Å²) >= 11 is 0. The summed E-state index contributed by atoms with van der Waals surface area (Å²) in [4.78, 5) is 18.0. The smallest absolute Gasteiger partial charge is 0.196 e. The van der Waals surface area contributed by atoms with Gasteiger partial charge in [0.1, 0.15) is 5.52 Å². The van der Waals surface area contributed by atoms with Crippen LogP contribution < -0.4 is 10.2 Å². The summed E-state index contributed by atoms with van der Waals surface area (Å²) < 4.78 is 5.82. The quantitative estimate of drug-likeness (QED) is 0.502. The van der Waals surface area contributed by atoms with Gasteiger partial charge in [-0.15, -0.1) is 0 Å². The van der Waals surface area contributed by atoms with E-state index in [2.05, 4.69) is 40.4 Å². The van der Waals surface area contributed by atoms with Crippen molar-refractivity contribution in [2.75, 3.05) is 50.5 Å². The number of aromatic nitrogens is 1. The van der Waals surface area contributed by atoms with Crippen LogP contribution in [-0.2, 0) is 0 Å². The van der Waals surface area contributed by atoms with Gasteiger partial charge in [-0.3, -0.25) is 4.79 Å². The molecule has 0 amide bonds. The van der Waals surface area contributed by atoms with Crippen molar-refractivity contribution in [2.45, 2.75) is 19.3 Å². The highest BCUT2D eigenvalue weighted by atomic mass is 16.5. The van der Waals surface area contributed by atoms with Gasteiger partial charge in [0.15, 0.2) is 11.5 Å². The number of carbonyl (C=O) groups excluding carboxylic acids is 1. The second-order valence-corrected chi connectivity index (χ2v) is 8.21. The molecule has 1 fully saturated rings. The van der Waals surface area contributed by atoms with Crippen LogP contribution in [0.4, 0.5) is 11.4 Å². The summed E-state index contributed by atoms with van der Waals surface area (Å²) in [5.41, 5.74) is 4.98. The molecule has 0 unspecified atom stereocenters. The van der Waals surface area contributed by atoms with E-state index in [1.54, 1.807) is 0 Å². The van der Waals surface area contributed by atoms with Crippen molar-refractivity contribution < 1.29 is 9.32 Å². The summed E-state index contributed by atoms with van der Waals surface area (Å²) in [6.45, 7) is 3.84. The highest BCUT2D eigenvalue weighted by Gasteiger charge is 2.33. The van der Waals surface area contributed by atoms with Crippen LogP contribution in [0.1, 0.15) is 35.2 Å². The van der Waals surface area contributed by atoms with Gasteiger partial charge in [0.2, 0.25) is 0 Å². The number of anilines is 2. The minimum atomic E-state index is 0.0457. The van der Waals surface area contributed by atoms with Crippen LogP contribution in [-0.4, -0.2) is 56.1 Å². The standard InChI is InChI=1S/C23H26N4O2/c1-26(2)11-7-10-24-17-14-18(27-12-5-6-13-27)21-20-19(17)22(28)15-8-3-4-9-16(15)23(20)29-25-21/h3-4,8-9,14,24H,5-7,10-13H2,1-2H3. The molecule has 2 aromatic carbocycles. The van der Waals surface area contributed by atoms with E-state index in [9.17, 15) is 4.79 Å². The number of hydrogen-bond acceptors (Lipinski definition) is 6. The van der Waals surface area contributed by atoms with Gasteiger partial charge in [-0.25, -0.2) is 0 Å². The molecule has 29 heavy (non-hydrogen) atoms. The fourth-order valence-corrected chi connectivity index (χ4v) is 4.50. The lowest BCUT2D eigenvalue weighted by Gasteiger charge is -2.23. The monoisotopic (exact) mass is 390 g/mol. The summed E-state index contributed by atoms with van der Waals surface area (Å²) in [6, 6.07) is 9.77. The van der Waals surface area contributed by atoms with Crippen molar-refractivity contribution in [1.29, 1.82) is 0 Å². The molecule has 150 valence electrons. The summed E-state index contributed by atoms with van der Waals surface area (Å²) in [6.07, 6.45) is 3.37. The van der Waals surface area contributed by atoms with Crippen molar-refractivity contribution in [3.8, 4) is 11.3 Å². The molecular weight excluding hydrogens is 364 g/mol. The fourth-order valence-electron chi connectivity index (χ4n) is 4.50. The fraction of sp³-hybridized carbons (Fsp3) is 0.391. The summed E-state index contributed by atoms with van der Waals surface area (Å²) in [5, 5.41) is 8.82. The Bertz CT molecular complexity index is 1080. The first-order valence-corrected chi connectivity index (χ1v) is 10.4. The Morgan fingerprint density at radius 1 is 1.17 bits per heavy atom. The van der Waals surface area contributed by atoms with Gasteiger partial charge < -0.3 is 19.6 Å². The lowest BCUT2D eigenvalue weighted by atomic mass is 9.86. The molecule has 1 aromatic heterocycles. The Balaban J connectivity index is 1.66. The van der Waals surface area contributed by atoms with Gasteiger partial charge in [-0.1, -0.05) is 29.4 Å². The predicted molar refractivity (Wildman–Crippen MR) is 116 cm³/mol. The van der Waals surface area contributed by atoms with E-state index in [1.165, 1.54) is 12.8 Å². The van der Waals surface area contributed by atoms with Crippen molar-refractivity contribution in [1.82, 2.24) is 10.1 Å². The topological polar surface area (TPSA) is 61.6 Å². The minimum Gasteiger partial charge on any atom is -0.384 e. The number of rotatable bonds is 6. The third-order valence-electron chi connectivity index (χ3n) is 5.92. The van der Waals surface area contributed by atoms with Gasteiger partial charge >= 0.3 is 0 Å². The number of benzene rings is 2. The Labute approximate surface area is 170 Å². The Kier molecular flexibility index (Phi) is 4.51. The number of carbonyl (C=O) groups is 1. The van der Waals surface area contributed by atoms with E-state index >= 15 is 0 Å². The number of nitrogens with one attached hydrogen (secondary N) is 1. The second-order valence-electron chi connectivity index (χ2n) is 8.21. The second kappa shape index (κ2) is 7.19. The Morgan fingerprint density at radius 2 is 1.93 bits per heavy atom. The van der Waals surface area contributed by atoms with Gasteiger partial charge in [0, 0.05) is 36.4 Å². The minimum absolute atomic E-state index is 0.0457. The molecule has 1 aliphatic carbocycles. The van der Waals surface area contributed by atoms with Crippen LogP contribution in [0.3, 0.4) is 0 Å². The molecule has 2 heterocycles. The third kappa shape index (κ3) is 2.99. The van der Waals surface area contributed by atoms with E-state index in [0.29, 0.717) is 16.9 Å². The van der Waals surface area contributed by atoms with Crippen molar-refractivity contribution in [3.05, 3.63) is 41.5 Å². The number of nitrogens with zero attached hydrogens (tertiary/aromatic N) is 3. The Hall–Kier alpha value is -2.86. The maximum absolute atomic E-state index is 13.5. The summed E-state index contributed by atoms with van der Waals surface area (Å²) in [5.74, 6) is 0.756. The van der Waals surface area contributed by atoms with E-state index < -0.39 is 0 Å². The maximum atomic E-state index is 13.5. The molecule has 1 aliphatic heterocycles. The molecule has 6 heteroatoms. The van der Waals surface area contributed by atoms with Crippen LogP contribution in [0, 0.1) is 0 Å². The molecular formula is C23H26N4O2. The van der Waals surface area contributed by atoms with E-state index in [0.717, 1.165) is 60.4 Å². The molecule has 0 radical (unpaired) electrons. The molecule has 0 atom stereocenters. The van der Waals surface area contributed by atoms with E-state index in [1.807, 2.05) is 24.3 Å². The van der Waals surface area contributed by atoms with Crippen molar-refractivity contribution in [3.63, 3.8) is 0 Å². The number of fused-ring (bicyclic) bond motifs is 2. The van der Waals surface area contributed by atoms with Crippen molar-refractivity contribution in [2.24, 2.45) is 0 Å². The molecule has 0 saturated carbocycles. The Morgan fingerprint density at radius 3 is 2.69 bits per heavy atom. The van der Waals surface area contributed by atoms with E-state index in [-0.39, 0.29) is 5.78 Å². The largest absolute Gasteiger partial charge is 0.384 e. The molecule has 1 saturated heterocycles. The number of ketones is 1. The molecule has 0 spiro atoms. The van der Waals surface area contributed by atoms with Crippen LogP contribution in [0.2, 0.25) is 0 Å². The summed E-state index contributed by atoms with van der Waals surface area (Å²) in [7, 11) is 4.15. The highest BCUT2D eigenvalue weighted by molar-refractivity contribution is 6.28. The van der Waals surface area contributed by atoms with Gasteiger partial charge in [0.25, 0.3) is 0 Å². The molecule has 0 bridgehead atoms. The van der Waals surface area contributed by atoms with Gasteiger partial charge in [-0.2, -0.15) is 0 Å². The lowest BCUT2D eigenvalue weighted by molar-refractivity contribution is 0.104. The molecule has 3 aromatic rings.